The minimum absolute atomic E-state index is 0.177. The summed E-state index contributed by atoms with van der Waals surface area (Å²) in [5, 5.41) is 15.4. The van der Waals surface area contributed by atoms with Crippen LogP contribution in [0.3, 0.4) is 0 Å². The van der Waals surface area contributed by atoms with Gasteiger partial charge in [-0.15, -0.1) is 5.10 Å². The third-order valence-corrected chi connectivity index (χ3v) is 2.05. The van der Waals surface area contributed by atoms with E-state index in [0.717, 1.165) is 16.8 Å². The summed E-state index contributed by atoms with van der Waals surface area (Å²) in [7, 11) is 0. The highest BCUT2D eigenvalue weighted by atomic mass is 19.1. The highest BCUT2D eigenvalue weighted by molar-refractivity contribution is 5.90. The first-order valence-electron chi connectivity index (χ1n) is 4.40. The molecule has 17 heavy (non-hydrogen) atoms. The summed E-state index contributed by atoms with van der Waals surface area (Å²) < 4.78 is 26.9. The number of halogens is 2. The van der Waals surface area contributed by atoms with Crippen molar-refractivity contribution in [3.8, 4) is 5.69 Å². The van der Waals surface area contributed by atoms with Gasteiger partial charge < -0.3 is 10.8 Å². The summed E-state index contributed by atoms with van der Waals surface area (Å²) in [4.78, 5) is 10.7. The molecular formula is C9H6F2N4O2. The average Bonchev–Trinajstić information content (AvgIpc) is 2.60. The molecule has 8 heteroatoms. The Morgan fingerprint density at radius 1 is 1.41 bits per heavy atom. The summed E-state index contributed by atoms with van der Waals surface area (Å²) >= 11 is 0. The van der Waals surface area contributed by atoms with E-state index in [1.807, 2.05) is 0 Å². The fraction of sp³-hybridized carbons (Fsp3) is 0. The summed E-state index contributed by atoms with van der Waals surface area (Å²) in [6.07, 6.45) is 0. The lowest BCUT2D eigenvalue weighted by atomic mass is 10.3. The molecule has 0 aliphatic heterocycles. The van der Waals surface area contributed by atoms with Crippen LogP contribution in [0.15, 0.2) is 18.2 Å². The lowest BCUT2D eigenvalue weighted by Gasteiger charge is -2.03. The fourth-order valence-corrected chi connectivity index (χ4v) is 1.27. The van der Waals surface area contributed by atoms with Gasteiger partial charge in [0.2, 0.25) is 5.69 Å². The van der Waals surface area contributed by atoms with Gasteiger partial charge in [0.15, 0.2) is 11.6 Å². The van der Waals surface area contributed by atoms with Gasteiger partial charge in [-0.05, 0) is 12.1 Å². The molecule has 0 amide bonds. The lowest BCUT2D eigenvalue weighted by molar-refractivity contribution is 0.0691. The van der Waals surface area contributed by atoms with Crippen molar-refractivity contribution in [3.63, 3.8) is 0 Å². The number of rotatable bonds is 2. The molecule has 0 aliphatic carbocycles. The number of carbonyl (C=O) groups is 1. The lowest BCUT2D eigenvalue weighted by Crippen LogP contribution is -2.07. The summed E-state index contributed by atoms with van der Waals surface area (Å²) in [5.74, 6) is -3.39. The van der Waals surface area contributed by atoms with E-state index in [2.05, 4.69) is 10.3 Å². The number of hydrogen-bond donors (Lipinski definition) is 2. The normalized spacial score (nSPS) is 10.5. The van der Waals surface area contributed by atoms with Crippen LogP contribution in [0, 0.1) is 11.6 Å². The Labute approximate surface area is 93.3 Å². The molecule has 0 atom stereocenters. The van der Waals surface area contributed by atoms with Crippen molar-refractivity contribution in [2.75, 3.05) is 5.73 Å². The van der Waals surface area contributed by atoms with Crippen molar-refractivity contribution in [2.24, 2.45) is 0 Å². The number of benzene rings is 1. The van der Waals surface area contributed by atoms with Gasteiger partial charge in [-0.1, -0.05) is 5.21 Å². The maximum Gasteiger partial charge on any atom is 0.360 e. The molecular weight excluding hydrogens is 234 g/mol. The molecule has 2 rings (SSSR count). The van der Waals surface area contributed by atoms with Crippen molar-refractivity contribution < 1.29 is 18.7 Å². The predicted octanol–water partition coefficient (Wildman–Crippen LogP) is 0.826. The first kappa shape index (κ1) is 11.0. The van der Waals surface area contributed by atoms with E-state index < -0.39 is 23.3 Å². The zero-order chi connectivity index (χ0) is 12.6. The Balaban J connectivity index is 2.57. The van der Waals surface area contributed by atoms with E-state index in [9.17, 15) is 13.6 Å². The van der Waals surface area contributed by atoms with Gasteiger partial charge in [0, 0.05) is 6.07 Å². The van der Waals surface area contributed by atoms with E-state index in [1.54, 1.807) is 0 Å². The van der Waals surface area contributed by atoms with Crippen LogP contribution in [0.5, 0.6) is 0 Å². The van der Waals surface area contributed by atoms with Crippen LogP contribution in [0.4, 0.5) is 14.6 Å². The largest absolute Gasteiger partial charge is 0.476 e. The van der Waals surface area contributed by atoms with Crippen LogP contribution in [0.2, 0.25) is 0 Å². The SMILES string of the molecule is Nc1c(C(=O)O)nnn1-c1ccc(F)cc1F. The molecule has 88 valence electrons. The third kappa shape index (κ3) is 1.80. The Bertz CT molecular complexity index is 597. The minimum Gasteiger partial charge on any atom is -0.476 e. The van der Waals surface area contributed by atoms with Crippen molar-refractivity contribution in [1.82, 2.24) is 15.0 Å². The predicted molar refractivity (Wildman–Crippen MR) is 52.6 cm³/mol. The first-order chi connectivity index (χ1) is 8.00. The molecule has 0 saturated carbocycles. The maximum absolute atomic E-state index is 13.4. The highest BCUT2D eigenvalue weighted by Crippen LogP contribution is 2.18. The molecule has 6 nitrogen and oxygen atoms in total. The molecule has 1 aromatic carbocycles. The number of nitrogens with two attached hydrogens (primary N) is 1. The second-order valence-electron chi connectivity index (χ2n) is 3.14. The van der Waals surface area contributed by atoms with Gasteiger partial charge in [0.25, 0.3) is 0 Å². The third-order valence-electron chi connectivity index (χ3n) is 2.05. The number of aromatic nitrogens is 3. The van der Waals surface area contributed by atoms with Crippen LogP contribution in [-0.4, -0.2) is 26.1 Å². The zero-order valence-electron chi connectivity index (χ0n) is 8.26. The van der Waals surface area contributed by atoms with Crippen molar-refractivity contribution in [1.29, 1.82) is 0 Å². The molecule has 1 aromatic heterocycles. The van der Waals surface area contributed by atoms with Crippen LogP contribution >= 0.6 is 0 Å². The second kappa shape index (κ2) is 3.81. The van der Waals surface area contributed by atoms with E-state index in [-0.39, 0.29) is 11.5 Å². The van der Waals surface area contributed by atoms with Gasteiger partial charge in [-0.2, -0.15) is 4.68 Å². The van der Waals surface area contributed by atoms with Gasteiger partial charge in [0.05, 0.1) is 0 Å². The summed E-state index contributed by atoms with van der Waals surface area (Å²) in [5.41, 5.74) is 4.77. The van der Waals surface area contributed by atoms with Gasteiger partial charge >= 0.3 is 5.97 Å². The minimum atomic E-state index is -1.38. The number of carboxylic acid groups (broad SMARTS) is 1. The maximum atomic E-state index is 13.4. The first-order valence-corrected chi connectivity index (χ1v) is 4.40. The molecule has 0 radical (unpaired) electrons. The molecule has 0 unspecified atom stereocenters. The molecule has 2 aromatic rings. The number of hydrogen-bond acceptors (Lipinski definition) is 4. The van der Waals surface area contributed by atoms with Crippen LogP contribution in [-0.2, 0) is 0 Å². The van der Waals surface area contributed by atoms with Crippen LogP contribution in [0.25, 0.3) is 5.69 Å². The van der Waals surface area contributed by atoms with Crippen LogP contribution < -0.4 is 5.73 Å². The van der Waals surface area contributed by atoms with Crippen molar-refractivity contribution in [2.45, 2.75) is 0 Å². The van der Waals surface area contributed by atoms with Gasteiger partial charge in [-0.25, -0.2) is 13.6 Å². The Hall–Kier alpha value is -2.51. The van der Waals surface area contributed by atoms with Crippen molar-refractivity contribution in [3.05, 3.63) is 35.5 Å². The van der Waals surface area contributed by atoms with E-state index in [4.69, 9.17) is 10.8 Å². The molecule has 0 fully saturated rings. The quantitative estimate of drug-likeness (QED) is 0.810. The molecule has 0 aliphatic rings. The van der Waals surface area contributed by atoms with E-state index >= 15 is 0 Å². The molecule has 3 N–H and O–H groups in total. The van der Waals surface area contributed by atoms with Crippen molar-refractivity contribution >= 4 is 11.8 Å². The monoisotopic (exact) mass is 240 g/mol. The topological polar surface area (TPSA) is 94.0 Å². The number of nitrogens with zero attached hydrogens (tertiary/aromatic N) is 3. The number of anilines is 1. The second-order valence-corrected chi connectivity index (χ2v) is 3.14. The Kier molecular flexibility index (Phi) is 2.47. The van der Waals surface area contributed by atoms with Crippen LogP contribution in [0.1, 0.15) is 10.5 Å². The van der Waals surface area contributed by atoms with Gasteiger partial charge in [-0.3, -0.25) is 0 Å². The molecule has 0 spiro atoms. The molecule has 1 heterocycles. The Morgan fingerprint density at radius 2 is 2.12 bits per heavy atom. The fourth-order valence-electron chi connectivity index (χ4n) is 1.27. The number of nitrogen functional groups attached to an aromatic ring is 1. The summed E-state index contributed by atoms with van der Waals surface area (Å²) in [6, 6.07) is 2.72. The highest BCUT2D eigenvalue weighted by Gasteiger charge is 2.19. The smallest absolute Gasteiger partial charge is 0.360 e. The van der Waals surface area contributed by atoms with E-state index in [1.165, 1.54) is 0 Å². The number of carboxylic acids is 1. The van der Waals surface area contributed by atoms with Gasteiger partial charge in [0.1, 0.15) is 11.5 Å². The zero-order valence-corrected chi connectivity index (χ0v) is 8.26. The summed E-state index contributed by atoms with van der Waals surface area (Å²) in [6.45, 7) is 0. The Morgan fingerprint density at radius 3 is 2.65 bits per heavy atom. The molecule has 0 saturated heterocycles. The number of aromatic carboxylic acids is 1. The average molecular weight is 240 g/mol. The molecule has 0 bridgehead atoms. The standard InChI is InChI=1S/C9H6F2N4O2/c10-4-1-2-6(5(11)3-4)15-8(12)7(9(16)17)13-14-15/h1-3H,12H2,(H,16,17). The van der Waals surface area contributed by atoms with E-state index in [0.29, 0.717) is 6.07 Å².